The molecule has 18 heavy (non-hydrogen) atoms. The van der Waals surface area contributed by atoms with Gasteiger partial charge < -0.3 is 5.32 Å². The van der Waals surface area contributed by atoms with E-state index >= 15 is 0 Å². The molecule has 1 rings (SSSR count). The molecule has 0 saturated carbocycles. The summed E-state index contributed by atoms with van der Waals surface area (Å²) in [6, 6.07) is 0.136. The number of thiazole rings is 1. The van der Waals surface area contributed by atoms with Crippen molar-refractivity contribution in [2.45, 2.75) is 58.7 Å². The van der Waals surface area contributed by atoms with Crippen molar-refractivity contribution in [3.05, 3.63) is 16.6 Å². The topological polar surface area (TPSA) is 54.0 Å². The molecule has 1 amide bonds. The summed E-state index contributed by atoms with van der Waals surface area (Å²) in [6.07, 6.45) is 3.88. The van der Waals surface area contributed by atoms with Gasteiger partial charge in [-0.25, -0.2) is 4.98 Å². The van der Waals surface area contributed by atoms with E-state index in [9.17, 15) is 4.79 Å². The van der Waals surface area contributed by atoms with Gasteiger partial charge in [0, 0.05) is 17.6 Å². The summed E-state index contributed by atoms with van der Waals surface area (Å²) in [5, 5.41) is 9.23. The van der Waals surface area contributed by atoms with Crippen LogP contribution in [0.2, 0.25) is 0 Å². The van der Waals surface area contributed by atoms with Gasteiger partial charge in [-0.3, -0.25) is 10.1 Å². The molecule has 0 spiro atoms. The maximum atomic E-state index is 11.9. The molecule has 5 heteroatoms. The molecule has 0 saturated heterocycles. The maximum Gasteiger partial charge on any atom is 0.237 e. The fourth-order valence-electron chi connectivity index (χ4n) is 1.84. The van der Waals surface area contributed by atoms with E-state index in [1.165, 1.54) is 0 Å². The highest BCUT2D eigenvalue weighted by Gasteiger charge is 2.18. The number of hydrogen-bond acceptors (Lipinski definition) is 4. The molecule has 4 nitrogen and oxygen atoms in total. The van der Waals surface area contributed by atoms with Crippen LogP contribution in [-0.4, -0.2) is 23.0 Å². The molecule has 0 bridgehead atoms. The Balaban J connectivity index is 2.40. The van der Waals surface area contributed by atoms with E-state index in [2.05, 4.69) is 22.5 Å². The third-order valence-corrected chi connectivity index (χ3v) is 3.78. The number of aromatic nitrogens is 1. The summed E-state index contributed by atoms with van der Waals surface area (Å²) in [5.74, 6) is 0.0550. The standard InChI is InChI=1S/C13H23N3OS/c1-5-6-9(2)15-12(17)10(3)16-11(4)13-14-7-8-18-13/h7-11,16H,5-6H2,1-4H3,(H,15,17). The summed E-state index contributed by atoms with van der Waals surface area (Å²) in [4.78, 5) is 16.2. The molecule has 0 aliphatic carbocycles. The zero-order chi connectivity index (χ0) is 13.5. The fraction of sp³-hybridized carbons (Fsp3) is 0.692. The Hall–Kier alpha value is -0.940. The molecule has 0 aliphatic rings. The van der Waals surface area contributed by atoms with Crippen LogP contribution in [0.5, 0.6) is 0 Å². The summed E-state index contributed by atoms with van der Waals surface area (Å²) in [6.45, 7) is 8.07. The lowest BCUT2D eigenvalue weighted by Crippen LogP contribution is -2.46. The van der Waals surface area contributed by atoms with E-state index in [0.717, 1.165) is 17.8 Å². The van der Waals surface area contributed by atoms with Gasteiger partial charge in [0.1, 0.15) is 5.01 Å². The molecule has 0 aromatic carbocycles. The lowest BCUT2D eigenvalue weighted by Gasteiger charge is -2.20. The first kappa shape index (κ1) is 15.1. The fourth-order valence-corrected chi connectivity index (χ4v) is 2.50. The molecule has 2 N–H and O–H groups in total. The molecule has 0 fully saturated rings. The number of nitrogens with zero attached hydrogens (tertiary/aromatic N) is 1. The van der Waals surface area contributed by atoms with Crippen molar-refractivity contribution < 1.29 is 4.79 Å². The van der Waals surface area contributed by atoms with Crippen LogP contribution >= 0.6 is 11.3 Å². The molecule has 1 heterocycles. The Morgan fingerprint density at radius 2 is 2.17 bits per heavy atom. The normalized spacial score (nSPS) is 16.0. The Bertz CT molecular complexity index is 353. The quantitative estimate of drug-likeness (QED) is 0.799. The molecule has 102 valence electrons. The summed E-state index contributed by atoms with van der Waals surface area (Å²) < 4.78 is 0. The first-order valence-electron chi connectivity index (χ1n) is 6.50. The second-order valence-corrected chi connectivity index (χ2v) is 5.60. The minimum atomic E-state index is -0.205. The average Bonchev–Trinajstić information content (AvgIpc) is 2.82. The highest BCUT2D eigenvalue weighted by molar-refractivity contribution is 7.09. The number of carbonyl (C=O) groups excluding carboxylic acids is 1. The van der Waals surface area contributed by atoms with Gasteiger partial charge in [-0.1, -0.05) is 13.3 Å². The van der Waals surface area contributed by atoms with Crippen LogP contribution in [0.4, 0.5) is 0 Å². The van der Waals surface area contributed by atoms with E-state index < -0.39 is 0 Å². The van der Waals surface area contributed by atoms with Crippen LogP contribution in [0, 0.1) is 0 Å². The van der Waals surface area contributed by atoms with Crippen LogP contribution < -0.4 is 10.6 Å². The molecule has 3 atom stereocenters. The first-order chi connectivity index (χ1) is 8.54. The van der Waals surface area contributed by atoms with Gasteiger partial charge >= 0.3 is 0 Å². The highest BCUT2D eigenvalue weighted by atomic mass is 32.1. The number of hydrogen-bond donors (Lipinski definition) is 2. The van der Waals surface area contributed by atoms with Crippen molar-refractivity contribution in [3.8, 4) is 0 Å². The van der Waals surface area contributed by atoms with Gasteiger partial charge in [0.2, 0.25) is 5.91 Å². The SMILES string of the molecule is CCCC(C)NC(=O)C(C)NC(C)c1nccs1. The van der Waals surface area contributed by atoms with Crippen molar-refractivity contribution in [2.75, 3.05) is 0 Å². The Kier molecular flexibility index (Phi) is 6.29. The van der Waals surface area contributed by atoms with E-state index in [0.29, 0.717) is 0 Å². The Morgan fingerprint density at radius 1 is 1.44 bits per heavy atom. The lowest BCUT2D eigenvalue weighted by atomic mass is 10.2. The molecule has 0 aliphatic heterocycles. The first-order valence-corrected chi connectivity index (χ1v) is 7.38. The largest absolute Gasteiger partial charge is 0.352 e. The van der Waals surface area contributed by atoms with Crippen molar-refractivity contribution >= 4 is 17.2 Å². The van der Waals surface area contributed by atoms with Gasteiger partial charge in [-0.15, -0.1) is 11.3 Å². The van der Waals surface area contributed by atoms with Gasteiger partial charge in [0.15, 0.2) is 0 Å². The van der Waals surface area contributed by atoms with Gasteiger partial charge in [-0.05, 0) is 27.2 Å². The summed E-state index contributed by atoms with van der Waals surface area (Å²) >= 11 is 1.60. The zero-order valence-corrected chi connectivity index (χ0v) is 12.4. The second-order valence-electron chi connectivity index (χ2n) is 4.68. The second kappa shape index (κ2) is 7.48. The van der Waals surface area contributed by atoms with Crippen LogP contribution in [0.1, 0.15) is 51.6 Å². The van der Waals surface area contributed by atoms with Crippen molar-refractivity contribution in [2.24, 2.45) is 0 Å². The van der Waals surface area contributed by atoms with Gasteiger partial charge in [0.05, 0.1) is 12.1 Å². The van der Waals surface area contributed by atoms with Crippen LogP contribution in [-0.2, 0) is 4.79 Å². The molecular weight excluding hydrogens is 246 g/mol. The van der Waals surface area contributed by atoms with Crippen molar-refractivity contribution in [1.29, 1.82) is 0 Å². The maximum absolute atomic E-state index is 11.9. The zero-order valence-electron chi connectivity index (χ0n) is 11.6. The Morgan fingerprint density at radius 3 is 2.72 bits per heavy atom. The van der Waals surface area contributed by atoms with E-state index in [1.807, 2.05) is 26.2 Å². The van der Waals surface area contributed by atoms with Crippen LogP contribution in [0.25, 0.3) is 0 Å². The van der Waals surface area contributed by atoms with E-state index in [1.54, 1.807) is 17.5 Å². The predicted octanol–water partition coefficient (Wildman–Crippen LogP) is 2.49. The third kappa shape index (κ3) is 4.74. The average molecular weight is 269 g/mol. The number of rotatable bonds is 7. The number of amides is 1. The molecule has 1 aromatic heterocycles. The van der Waals surface area contributed by atoms with Gasteiger partial charge in [-0.2, -0.15) is 0 Å². The van der Waals surface area contributed by atoms with Crippen molar-refractivity contribution in [1.82, 2.24) is 15.6 Å². The van der Waals surface area contributed by atoms with E-state index in [-0.39, 0.29) is 24.0 Å². The smallest absolute Gasteiger partial charge is 0.237 e. The Labute approximate surface area is 113 Å². The number of carbonyl (C=O) groups is 1. The predicted molar refractivity (Wildman–Crippen MR) is 75.6 cm³/mol. The summed E-state index contributed by atoms with van der Waals surface area (Å²) in [7, 11) is 0. The third-order valence-electron chi connectivity index (χ3n) is 2.83. The van der Waals surface area contributed by atoms with Crippen molar-refractivity contribution in [3.63, 3.8) is 0 Å². The minimum Gasteiger partial charge on any atom is -0.352 e. The monoisotopic (exact) mass is 269 g/mol. The molecular formula is C13H23N3OS. The molecule has 0 radical (unpaired) electrons. The van der Waals surface area contributed by atoms with Crippen LogP contribution in [0.3, 0.4) is 0 Å². The number of nitrogens with one attached hydrogen (secondary N) is 2. The van der Waals surface area contributed by atoms with Gasteiger partial charge in [0.25, 0.3) is 0 Å². The summed E-state index contributed by atoms with van der Waals surface area (Å²) in [5.41, 5.74) is 0. The lowest BCUT2D eigenvalue weighted by molar-refractivity contribution is -0.123. The highest BCUT2D eigenvalue weighted by Crippen LogP contribution is 2.15. The minimum absolute atomic E-state index is 0.0550. The van der Waals surface area contributed by atoms with Crippen LogP contribution in [0.15, 0.2) is 11.6 Å². The molecule has 3 unspecified atom stereocenters. The molecule has 1 aromatic rings. The van der Waals surface area contributed by atoms with E-state index in [4.69, 9.17) is 0 Å².